The molecule has 9 heteroatoms. The second-order valence-corrected chi connectivity index (χ2v) is 6.26. The molecule has 0 spiro atoms. The van der Waals surface area contributed by atoms with E-state index in [2.05, 4.69) is 10.0 Å². The van der Waals surface area contributed by atoms with Crippen LogP contribution in [0.15, 0.2) is 29.2 Å². The van der Waals surface area contributed by atoms with E-state index in [1.165, 1.54) is 18.2 Å². The van der Waals surface area contributed by atoms with Crippen molar-refractivity contribution in [1.29, 1.82) is 0 Å². The molecule has 1 aromatic carbocycles. The number of benzene rings is 1. The summed E-state index contributed by atoms with van der Waals surface area (Å²) in [4.78, 5) is 23.5. The number of hydrogen-bond donors (Lipinski definition) is 2. The van der Waals surface area contributed by atoms with Gasteiger partial charge in [-0.3, -0.25) is 9.69 Å². The third kappa shape index (κ3) is 3.27. The quantitative estimate of drug-likeness (QED) is 0.757. The normalized spacial score (nSPS) is 15.6. The number of nitrogens with zero attached hydrogens (tertiary/aromatic N) is 1. The van der Waals surface area contributed by atoms with Gasteiger partial charge in [-0.1, -0.05) is 17.7 Å². The Morgan fingerprint density at radius 3 is 2.70 bits per heavy atom. The molecule has 0 saturated carbocycles. The van der Waals surface area contributed by atoms with Crippen LogP contribution in [0.4, 0.5) is 4.79 Å². The first-order valence-electron chi connectivity index (χ1n) is 5.73. The summed E-state index contributed by atoms with van der Waals surface area (Å²) in [6.45, 7) is -0.141. The van der Waals surface area contributed by atoms with Gasteiger partial charge in [-0.15, -0.1) is 0 Å². The van der Waals surface area contributed by atoms with Gasteiger partial charge in [-0.2, -0.15) is 0 Å². The van der Waals surface area contributed by atoms with E-state index in [1.807, 2.05) is 0 Å². The topological polar surface area (TPSA) is 95.6 Å². The highest BCUT2D eigenvalue weighted by Crippen LogP contribution is 2.14. The van der Waals surface area contributed by atoms with Crippen molar-refractivity contribution in [3.05, 3.63) is 29.3 Å². The molecular formula is C11H12ClN3O4S. The van der Waals surface area contributed by atoms with Crippen molar-refractivity contribution in [2.24, 2.45) is 0 Å². The number of hydrogen-bond acceptors (Lipinski definition) is 4. The van der Waals surface area contributed by atoms with Crippen LogP contribution in [0.3, 0.4) is 0 Å². The Balaban J connectivity index is 1.96. The van der Waals surface area contributed by atoms with Crippen LogP contribution >= 0.6 is 11.6 Å². The van der Waals surface area contributed by atoms with E-state index in [-0.39, 0.29) is 30.4 Å². The zero-order valence-corrected chi connectivity index (χ0v) is 11.9. The molecule has 1 saturated heterocycles. The Morgan fingerprint density at radius 1 is 1.35 bits per heavy atom. The van der Waals surface area contributed by atoms with Crippen molar-refractivity contribution in [2.75, 3.05) is 19.6 Å². The molecule has 7 nitrogen and oxygen atoms in total. The predicted molar refractivity (Wildman–Crippen MR) is 71.8 cm³/mol. The number of urea groups is 1. The molecule has 0 bridgehead atoms. The summed E-state index contributed by atoms with van der Waals surface area (Å²) >= 11 is 5.73. The molecular weight excluding hydrogens is 306 g/mol. The lowest BCUT2D eigenvalue weighted by molar-refractivity contribution is -0.124. The summed E-state index contributed by atoms with van der Waals surface area (Å²) in [6, 6.07) is 5.29. The average molecular weight is 318 g/mol. The zero-order valence-electron chi connectivity index (χ0n) is 10.3. The maximum Gasteiger partial charge on any atom is 0.324 e. The van der Waals surface area contributed by atoms with E-state index < -0.39 is 16.1 Å². The smallest absolute Gasteiger partial charge is 0.324 e. The molecule has 2 N–H and O–H groups in total. The highest BCUT2D eigenvalue weighted by molar-refractivity contribution is 7.89. The molecule has 0 atom stereocenters. The summed E-state index contributed by atoms with van der Waals surface area (Å²) in [5, 5.41) is 2.66. The minimum Gasteiger partial charge on any atom is -0.329 e. The average Bonchev–Trinajstić information content (AvgIpc) is 2.70. The first-order chi connectivity index (χ1) is 9.40. The van der Waals surface area contributed by atoms with E-state index in [1.54, 1.807) is 6.07 Å². The molecule has 1 aliphatic heterocycles. The van der Waals surface area contributed by atoms with Gasteiger partial charge in [0.05, 0.1) is 11.4 Å². The van der Waals surface area contributed by atoms with Gasteiger partial charge in [0.2, 0.25) is 15.9 Å². The number of carbonyl (C=O) groups excluding carboxylic acids is 2. The summed E-state index contributed by atoms with van der Waals surface area (Å²) in [5.41, 5.74) is 0. The van der Waals surface area contributed by atoms with Gasteiger partial charge < -0.3 is 5.32 Å². The fraction of sp³-hybridized carbons (Fsp3) is 0.273. The second-order valence-electron chi connectivity index (χ2n) is 4.06. The monoisotopic (exact) mass is 317 g/mol. The summed E-state index contributed by atoms with van der Waals surface area (Å²) in [6.07, 6.45) is 0. The molecule has 0 radical (unpaired) electrons. The third-order valence-electron chi connectivity index (χ3n) is 2.67. The molecule has 0 unspecified atom stereocenters. The number of halogens is 1. The van der Waals surface area contributed by atoms with Crippen LogP contribution in [0.2, 0.25) is 5.02 Å². The van der Waals surface area contributed by atoms with Gasteiger partial charge in [0.15, 0.2) is 0 Å². The van der Waals surface area contributed by atoms with Crippen LogP contribution in [-0.4, -0.2) is 44.9 Å². The van der Waals surface area contributed by atoms with Crippen molar-refractivity contribution in [1.82, 2.24) is 14.9 Å². The fourth-order valence-electron chi connectivity index (χ4n) is 1.69. The molecule has 3 amide bonds. The molecule has 1 fully saturated rings. The lowest BCUT2D eigenvalue weighted by atomic mass is 10.4. The lowest BCUT2D eigenvalue weighted by Crippen LogP contribution is -2.38. The molecule has 0 aromatic heterocycles. The van der Waals surface area contributed by atoms with Gasteiger partial charge in [0.1, 0.15) is 0 Å². The molecule has 0 aliphatic carbocycles. The predicted octanol–water partition coefficient (Wildman–Crippen LogP) is 0.170. The number of nitrogens with one attached hydrogen (secondary N) is 2. The minimum absolute atomic E-state index is 0.0234. The first kappa shape index (κ1) is 14.8. The van der Waals surface area contributed by atoms with Crippen molar-refractivity contribution in [3.63, 3.8) is 0 Å². The molecule has 1 aliphatic rings. The van der Waals surface area contributed by atoms with Crippen molar-refractivity contribution < 1.29 is 18.0 Å². The Bertz CT molecular complexity index is 631. The molecule has 1 heterocycles. The van der Waals surface area contributed by atoms with Crippen LogP contribution in [0.5, 0.6) is 0 Å². The Labute approximate surface area is 120 Å². The molecule has 2 rings (SSSR count). The molecule has 1 aromatic rings. The van der Waals surface area contributed by atoms with Crippen LogP contribution in [-0.2, 0) is 14.8 Å². The Hall–Kier alpha value is -1.64. The van der Waals surface area contributed by atoms with E-state index in [4.69, 9.17) is 11.6 Å². The first-order valence-corrected chi connectivity index (χ1v) is 7.60. The molecule has 20 heavy (non-hydrogen) atoms. The van der Waals surface area contributed by atoms with Gasteiger partial charge in [-0.25, -0.2) is 17.9 Å². The van der Waals surface area contributed by atoms with E-state index >= 15 is 0 Å². The number of rotatable bonds is 5. The highest BCUT2D eigenvalue weighted by atomic mass is 35.5. The van der Waals surface area contributed by atoms with Crippen molar-refractivity contribution in [3.8, 4) is 0 Å². The second kappa shape index (κ2) is 5.78. The number of amides is 3. The third-order valence-corrected chi connectivity index (χ3v) is 4.36. The largest absolute Gasteiger partial charge is 0.329 e. The maximum absolute atomic E-state index is 11.9. The van der Waals surface area contributed by atoms with Crippen LogP contribution < -0.4 is 10.0 Å². The SMILES string of the molecule is O=C1CNC(=O)N1CCNS(=O)(=O)c1cccc(Cl)c1. The van der Waals surface area contributed by atoms with E-state index in [0.29, 0.717) is 5.02 Å². The van der Waals surface area contributed by atoms with Gasteiger partial charge >= 0.3 is 6.03 Å². The van der Waals surface area contributed by atoms with Crippen LogP contribution in [0, 0.1) is 0 Å². The van der Waals surface area contributed by atoms with Crippen molar-refractivity contribution >= 4 is 33.6 Å². The van der Waals surface area contributed by atoms with Crippen LogP contribution in [0.25, 0.3) is 0 Å². The standard InChI is InChI=1S/C11H12ClN3O4S/c12-8-2-1-3-9(6-8)20(18,19)14-4-5-15-10(16)7-13-11(15)17/h1-3,6,14H,4-5,7H2,(H,13,17). The summed E-state index contributed by atoms with van der Waals surface area (Å²) in [5.74, 6) is -0.378. The lowest BCUT2D eigenvalue weighted by Gasteiger charge is -2.13. The number of imide groups is 1. The summed E-state index contributed by atoms with van der Waals surface area (Å²) in [7, 11) is -3.71. The Kier molecular flexibility index (Phi) is 4.26. The maximum atomic E-state index is 11.9. The van der Waals surface area contributed by atoms with E-state index in [9.17, 15) is 18.0 Å². The fourth-order valence-corrected chi connectivity index (χ4v) is 3.01. The Morgan fingerprint density at radius 2 is 2.10 bits per heavy atom. The van der Waals surface area contributed by atoms with Gasteiger partial charge in [0.25, 0.3) is 0 Å². The van der Waals surface area contributed by atoms with Gasteiger partial charge in [0, 0.05) is 18.1 Å². The minimum atomic E-state index is -3.71. The molecule has 108 valence electrons. The zero-order chi connectivity index (χ0) is 14.8. The summed E-state index contributed by atoms with van der Waals surface area (Å²) < 4.78 is 26.2. The van der Waals surface area contributed by atoms with E-state index in [0.717, 1.165) is 4.90 Å². The van der Waals surface area contributed by atoms with Crippen molar-refractivity contribution in [2.45, 2.75) is 4.90 Å². The number of sulfonamides is 1. The van der Waals surface area contributed by atoms with Gasteiger partial charge in [-0.05, 0) is 18.2 Å². The van der Waals surface area contributed by atoms with Crippen LogP contribution in [0.1, 0.15) is 0 Å². The highest BCUT2D eigenvalue weighted by Gasteiger charge is 2.28. The number of carbonyl (C=O) groups is 2.